The summed E-state index contributed by atoms with van der Waals surface area (Å²) >= 11 is 1.83. The maximum absolute atomic E-state index is 5.42. The average Bonchev–Trinajstić information content (AvgIpc) is 3.01. The van der Waals surface area contributed by atoms with Crippen molar-refractivity contribution in [3.63, 3.8) is 0 Å². The molecule has 0 saturated heterocycles. The van der Waals surface area contributed by atoms with E-state index in [1.165, 1.54) is 10.4 Å². The lowest BCUT2D eigenvalue weighted by Gasteiger charge is -2.26. The normalized spacial score (nSPS) is 13.1. The van der Waals surface area contributed by atoms with Gasteiger partial charge in [0.05, 0.1) is 7.11 Å². The van der Waals surface area contributed by atoms with Gasteiger partial charge in [0, 0.05) is 22.9 Å². The highest BCUT2D eigenvalue weighted by atomic mass is 32.1. The summed E-state index contributed by atoms with van der Waals surface area (Å²) in [5.41, 5.74) is 1.43. The van der Waals surface area contributed by atoms with Crippen molar-refractivity contribution in [2.45, 2.75) is 38.6 Å². The van der Waals surface area contributed by atoms with Gasteiger partial charge in [-0.15, -0.1) is 11.3 Å². The van der Waals surface area contributed by atoms with Crippen molar-refractivity contribution >= 4 is 11.3 Å². The zero-order valence-electron chi connectivity index (χ0n) is 13.3. The molecule has 0 aliphatic carbocycles. The van der Waals surface area contributed by atoms with Gasteiger partial charge in [-0.1, -0.05) is 38.1 Å². The Morgan fingerprint density at radius 1 is 1.19 bits per heavy atom. The second-order valence-corrected chi connectivity index (χ2v) is 7.11. The van der Waals surface area contributed by atoms with Gasteiger partial charge in [0.2, 0.25) is 0 Å². The third kappa shape index (κ3) is 4.32. The molecule has 1 heterocycles. The summed E-state index contributed by atoms with van der Waals surface area (Å²) < 4.78 is 5.42. The molecule has 0 bridgehead atoms. The number of ether oxygens (including phenoxy) is 1. The van der Waals surface area contributed by atoms with Gasteiger partial charge in [-0.3, -0.25) is 0 Å². The zero-order valence-corrected chi connectivity index (χ0v) is 14.2. The molecule has 114 valence electrons. The van der Waals surface area contributed by atoms with Gasteiger partial charge in [0.15, 0.2) is 0 Å². The lowest BCUT2D eigenvalue weighted by Crippen LogP contribution is -2.38. The van der Waals surface area contributed by atoms with Gasteiger partial charge in [-0.05, 0) is 36.4 Å². The van der Waals surface area contributed by atoms with Crippen LogP contribution in [0.2, 0.25) is 0 Å². The fraction of sp³-hybridized carbons (Fsp3) is 0.444. The summed E-state index contributed by atoms with van der Waals surface area (Å²) in [4.78, 5) is 1.43. The van der Waals surface area contributed by atoms with Crippen LogP contribution in [-0.2, 0) is 11.8 Å². The Hall–Kier alpha value is -1.32. The molecule has 1 aromatic heterocycles. The monoisotopic (exact) mass is 303 g/mol. The molecule has 1 aromatic carbocycles. The quantitative estimate of drug-likeness (QED) is 0.825. The van der Waals surface area contributed by atoms with Crippen molar-refractivity contribution in [3.05, 3.63) is 52.2 Å². The Labute approximate surface area is 132 Å². The van der Waals surface area contributed by atoms with Crippen LogP contribution < -0.4 is 10.1 Å². The minimum atomic E-state index is 0.170. The number of rotatable bonds is 7. The molecular weight excluding hydrogens is 278 g/mol. The highest BCUT2D eigenvalue weighted by Crippen LogP contribution is 2.27. The van der Waals surface area contributed by atoms with Crippen LogP contribution in [0.15, 0.2) is 41.8 Å². The van der Waals surface area contributed by atoms with E-state index in [0.717, 1.165) is 18.7 Å². The van der Waals surface area contributed by atoms with Gasteiger partial charge < -0.3 is 10.1 Å². The van der Waals surface area contributed by atoms with Gasteiger partial charge >= 0.3 is 0 Å². The fourth-order valence-corrected chi connectivity index (χ4v) is 3.31. The first-order chi connectivity index (χ1) is 10.0. The molecule has 2 nitrogen and oxygen atoms in total. The number of benzene rings is 1. The van der Waals surface area contributed by atoms with Crippen LogP contribution >= 0.6 is 11.3 Å². The molecule has 2 aromatic rings. The summed E-state index contributed by atoms with van der Waals surface area (Å²) in [7, 11) is 1.73. The van der Waals surface area contributed by atoms with Crippen LogP contribution in [0, 0.1) is 0 Å². The van der Waals surface area contributed by atoms with Crippen molar-refractivity contribution in [2.24, 2.45) is 0 Å². The van der Waals surface area contributed by atoms with Gasteiger partial charge in [0.25, 0.3) is 0 Å². The minimum Gasteiger partial charge on any atom is -0.496 e. The van der Waals surface area contributed by atoms with Crippen LogP contribution in [-0.4, -0.2) is 19.7 Å². The van der Waals surface area contributed by atoms with Crippen LogP contribution in [0.1, 0.15) is 31.2 Å². The minimum absolute atomic E-state index is 0.170. The summed E-state index contributed by atoms with van der Waals surface area (Å²) in [6.07, 6.45) is 0.977. The molecular formula is C18H25NOS. The maximum Gasteiger partial charge on any atom is 0.122 e. The topological polar surface area (TPSA) is 21.3 Å². The summed E-state index contributed by atoms with van der Waals surface area (Å²) in [6, 6.07) is 13.0. The number of hydrogen-bond acceptors (Lipinski definition) is 3. The third-order valence-electron chi connectivity index (χ3n) is 3.80. The van der Waals surface area contributed by atoms with Crippen molar-refractivity contribution < 1.29 is 4.74 Å². The van der Waals surface area contributed by atoms with Crippen molar-refractivity contribution in [2.75, 3.05) is 13.7 Å². The molecule has 0 radical (unpaired) electrons. The van der Waals surface area contributed by atoms with E-state index in [9.17, 15) is 0 Å². The smallest absolute Gasteiger partial charge is 0.122 e. The van der Waals surface area contributed by atoms with Gasteiger partial charge in [-0.2, -0.15) is 0 Å². The van der Waals surface area contributed by atoms with Crippen molar-refractivity contribution in [1.82, 2.24) is 5.32 Å². The number of methoxy groups -OCH3 is 1. The van der Waals surface area contributed by atoms with Crippen molar-refractivity contribution in [1.29, 1.82) is 0 Å². The van der Waals surface area contributed by atoms with Crippen LogP contribution in [0.25, 0.3) is 0 Å². The fourth-order valence-electron chi connectivity index (χ4n) is 2.45. The van der Waals surface area contributed by atoms with E-state index in [-0.39, 0.29) is 5.41 Å². The Kier molecular flexibility index (Phi) is 5.43. The highest BCUT2D eigenvalue weighted by molar-refractivity contribution is 7.10. The molecule has 0 saturated carbocycles. The number of hydrogen-bond donors (Lipinski definition) is 1. The Morgan fingerprint density at radius 2 is 1.95 bits per heavy atom. The first-order valence-corrected chi connectivity index (χ1v) is 8.30. The highest BCUT2D eigenvalue weighted by Gasteiger charge is 2.22. The van der Waals surface area contributed by atoms with E-state index >= 15 is 0 Å². The van der Waals surface area contributed by atoms with Gasteiger partial charge in [0.1, 0.15) is 5.75 Å². The molecule has 0 aliphatic heterocycles. The zero-order chi connectivity index (χ0) is 15.3. The lowest BCUT2D eigenvalue weighted by atomic mass is 9.91. The molecule has 2 rings (SSSR count). The molecule has 1 atom stereocenters. The molecule has 0 fully saturated rings. The Balaban J connectivity index is 1.92. The van der Waals surface area contributed by atoms with E-state index in [1.807, 2.05) is 23.5 Å². The standard InChI is InChI=1S/C18H25NOS/c1-14(12-15-8-5-6-9-16(15)20-4)19-13-18(2,3)17-10-7-11-21-17/h5-11,14,19H,12-13H2,1-4H3. The second-order valence-electron chi connectivity index (χ2n) is 6.16. The van der Waals surface area contributed by atoms with Crippen LogP contribution in [0.3, 0.4) is 0 Å². The van der Waals surface area contributed by atoms with Crippen LogP contribution in [0.5, 0.6) is 5.75 Å². The first-order valence-electron chi connectivity index (χ1n) is 7.42. The molecule has 3 heteroatoms. The number of thiophene rings is 1. The predicted octanol–water partition coefficient (Wildman–Crippen LogP) is 4.26. The first kappa shape index (κ1) is 16.1. The van der Waals surface area contributed by atoms with E-state index < -0.39 is 0 Å². The Bertz CT molecular complexity index is 548. The lowest BCUT2D eigenvalue weighted by molar-refractivity contribution is 0.400. The summed E-state index contributed by atoms with van der Waals surface area (Å²) in [5, 5.41) is 5.81. The van der Waals surface area contributed by atoms with Crippen molar-refractivity contribution in [3.8, 4) is 5.75 Å². The molecule has 21 heavy (non-hydrogen) atoms. The van der Waals surface area contributed by atoms with Crippen LogP contribution in [0.4, 0.5) is 0 Å². The SMILES string of the molecule is COc1ccccc1CC(C)NCC(C)(C)c1cccs1. The summed E-state index contributed by atoms with van der Waals surface area (Å²) in [5.74, 6) is 0.976. The molecule has 1 unspecified atom stereocenters. The van der Waals surface area contributed by atoms with E-state index in [1.54, 1.807) is 7.11 Å². The largest absolute Gasteiger partial charge is 0.496 e. The Morgan fingerprint density at radius 3 is 2.62 bits per heavy atom. The molecule has 0 aliphatic rings. The number of nitrogens with one attached hydrogen (secondary N) is 1. The van der Waals surface area contributed by atoms with E-state index in [0.29, 0.717) is 6.04 Å². The predicted molar refractivity (Wildman–Crippen MR) is 91.5 cm³/mol. The van der Waals surface area contributed by atoms with Gasteiger partial charge in [-0.25, -0.2) is 0 Å². The van der Waals surface area contributed by atoms with E-state index in [2.05, 4.69) is 55.7 Å². The molecule has 0 spiro atoms. The second kappa shape index (κ2) is 7.10. The van der Waals surface area contributed by atoms with E-state index in [4.69, 9.17) is 4.74 Å². The third-order valence-corrected chi connectivity index (χ3v) is 5.04. The number of para-hydroxylation sites is 1. The summed E-state index contributed by atoms with van der Waals surface area (Å²) in [6.45, 7) is 7.80. The molecule has 0 amide bonds. The molecule has 1 N–H and O–H groups in total. The average molecular weight is 303 g/mol. The maximum atomic E-state index is 5.42.